The van der Waals surface area contributed by atoms with Crippen LogP contribution in [0.1, 0.15) is 11.4 Å². The van der Waals surface area contributed by atoms with Gasteiger partial charge in [0.25, 0.3) is 5.56 Å². The molecule has 0 aliphatic rings. The fourth-order valence-corrected chi connectivity index (χ4v) is 2.35. The zero-order valence-corrected chi connectivity index (χ0v) is 12.9. The second-order valence-corrected chi connectivity index (χ2v) is 5.12. The molecule has 0 aliphatic heterocycles. The molecular weight excluding hydrogens is 292 g/mol. The fraction of sp³-hybridized carbons (Fsp3) is 0.111. The summed E-state index contributed by atoms with van der Waals surface area (Å²) in [6.45, 7) is 0. The fourth-order valence-electron chi connectivity index (χ4n) is 2.35. The zero-order chi connectivity index (χ0) is 16.4. The van der Waals surface area contributed by atoms with E-state index in [9.17, 15) is 9.90 Å². The lowest BCUT2D eigenvalue weighted by Crippen LogP contribution is -2.20. The van der Waals surface area contributed by atoms with Crippen molar-refractivity contribution >= 4 is 23.1 Å². The number of fused-ring (bicyclic) bond motifs is 1. The van der Waals surface area contributed by atoms with Gasteiger partial charge in [-0.1, -0.05) is 24.3 Å². The summed E-state index contributed by atoms with van der Waals surface area (Å²) in [7, 11) is 3.19. The Morgan fingerprint density at radius 3 is 2.74 bits per heavy atom. The van der Waals surface area contributed by atoms with E-state index in [2.05, 4.69) is 4.98 Å². The Labute approximate surface area is 133 Å². The van der Waals surface area contributed by atoms with Crippen molar-refractivity contribution in [2.75, 3.05) is 7.11 Å². The monoisotopic (exact) mass is 308 g/mol. The average molecular weight is 308 g/mol. The van der Waals surface area contributed by atoms with Crippen LogP contribution in [0.25, 0.3) is 23.1 Å². The van der Waals surface area contributed by atoms with Gasteiger partial charge in [-0.2, -0.15) is 0 Å². The van der Waals surface area contributed by atoms with Crippen molar-refractivity contribution in [1.82, 2.24) is 9.55 Å². The molecule has 2 aromatic carbocycles. The average Bonchev–Trinajstić information content (AvgIpc) is 2.58. The van der Waals surface area contributed by atoms with Crippen LogP contribution < -0.4 is 10.3 Å². The van der Waals surface area contributed by atoms with Crippen LogP contribution in [0.15, 0.2) is 47.3 Å². The van der Waals surface area contributed by atoms with Gasteiger partial charge in [0.1, 0.15) is 5.82 Å². The highest BCUT2D eigenvalue weighted by Gasteiger charge is 2.05. The van der Waals surface area contributed by atoms with E-state index < -0.39 is 0 Å². The quantitative estimate of drug-likeness (QED) is 0.808. The van der Waals surface area contributed by atoms with Crippen LogP contribution in [0, 0.1) is 0 Å². The van der Waals surface area contributed by atoms with E-state index in [-0.39, 0.29) is 11.3 Å². The normalized spacial score (nSPS) is 11.2. The number of ether oxygens (including phenoxy) is 1. The molecule has 0 spiro atoms. The summed E-state index contributed by atoms with van der Waals surface area (Å²) in [4.78, 5) is 16.8. The first-order chi connectivity index (χ1) is 11.1. The summed E-state index contributed by atoms with van der Waals surface area (Å²) in [6.07, 6.45) is 3.58. The number of methoxy groups -OCH3 is 1. The third-order valence-electron chi connectivity index (χ3n) is 3.65. The van der Waals surface area contributed by atoms with Crippen molar-refractivity contribution < 1.29 is 9.84 Å². The number of phenolic OH excluding ortho intramolecular Hbond substituents is 1. The maximum Gasteiger partial charge on any atom is 0.261 e. The molecular formula is C18H16N2O3. The molecule has 0 saturated carbocycles. The molecule has 1 N–H and O–H groups in total. The zero-order valence-electron chi connectivity index (χ0n) is 12.9. The number of benzene rings is 2. The summed E-state index contributed by atoms with van der Waals surface area (Å²) in [5.74, 6) is 1.04. The van der Waals surface area contributed by atoms with Crippen LogP contribution in [0.4, 0.5) is 0 Å². The summed E-state index contributed by atoms with van der Waals surface area (Å²) >= 11 is 0. The standard InChI is InChI=1S/C18H16N2O3/c1-20-17(19-14-6-4-3-5-13(14)18(20)22)10-8-12-7-9-15(21)16(11-12)23-2/h3-11,21H,1-2H3/b10-8+. The number of phenols is 1. The maximum absolute atomic E-state index is 12.3. The van der Waals surface area contributed by atoms with Crippen molar-refractivity contribution in [2.24, 2.45) is 7.05 Å². The Bertz CT molecular complexity index is 958. The molecule has 5 nitrogen and oxygen atoms in total. The van der Waals surface area contributed by atoms with Gasteiger partial charge in [0.15, 0.2) is 11.5 Å². The molecule has 116 valence electrons. The number of nitrogens with zero attached hydrogens (tertiary/aromatic N) is 2. The van der Waals surface area contributed by atoms with E-state index in [0.29, 0.717) is 22.5 Å². The lowest BCUT2D eigenvalue weighted by atomic mass is 10.2. The predicted octanol–water partition coefficient (Wildman–Crippen LogP) is 2.82. The molecule has 23 heavy (non-hydrogen) atoms. The Hall–Kier alpha value is -3.08. The first kappa shape index (κ1) is 14.8. The van der Waals surface area contributed by atoms with E-state index in [1.165, 1.54) is 11.7 Å². The maximum atomic E-state index is 12.3. The second-order valence-electron chi connectivity index (χ2n) is 5.12. The molecule has 3 rings (SSSR count). The number of rotatable bonds is 3. The molecule has 0 amide bonds. The summed E-state index contributed by atoms with van der Waals surface area (Å²) in [5, 5.41) is 10.2. The second kappa shape index (κ2) is 5.96. The molecule has 0 radical (unpaired) electrons. The number of para-hydroxylation sites is 1. The SMILES string of the molecule is COc1cc(/C=C/c2nc3ccccc3c(=O)n2C)ccc1O. The number of hydrogen-bond acceptors (Lipinski definition) is 4. The van der Waals surface area contributed by atoms with E-state index in [1.807, 2.05) is 24.3 Å². The molecule has 0 fully saturated rings. The van der Waals surface area contributed by atoms with Crippen molar-refractivity contribution in [3.8, 4) is 11.5 Å². The lowest BCUT2D eigenvalue weighted by molar-refractivity contribution is 0.373. The van der Waals surface area contributed by atoms with E-state index in [4.69, 9.17) is 4.74 Å². The van der Waals surface area contributed by atoms with Crippen molar-refractivity contribution in [3.63, 3.8) is 0 Å². The van der Waals surface area contributed by atoms with Crippen molar-refractivity contribution in [2.45, 2.75) is 0 Å². The third-order valence-corrected chi connectivity index (χ3v) is 3.65. The topological polar surface area (TPSA) is 64.3 Å². The molecule has 3 aromatic rings. The minimum absolute atomic E-state index is 0.0841. The van der Waals surface area contributed by atoms with Gasteiger partial charge in [0.2, 0.25) is 0 Å². The van der Waals surface area contributed by atoms with Crippen molar-refractivity contribution in [1.29, 1.82) is 0 Å². The van der Waals surface area contributed by atoms with Gasteiger partial charge in [-0.15, -0.1) is 0 Å². The van der Waals surface area contributed by atoms with Gasteiger partial charge >= 0.3 is 0 Å². The summed E-state index contributed by atoms with van der Waals surface area (Å²) in [6, 6.07) is 12.3. The minimum Gasteiger partial charge on any atom is -0.504 e. The van der Waals surface area contributed by atoms with Gasteiger partial charge in [-0.05, 0) is 35.9 Å². The van der Waals surface area contributed by atoms with Gasteiger partial charge in [0, 0.05) is 7.05 Å². The predicted molar refractivity (Wildman–Crippen MR) is 90.6 cm³/mol. The van der Waals surface area contributed by atoms with Gasteiger partial charge in [0.05, 0.1) is 18.0 Å². The van der Waals surface area contributed by atoms with E-state index in [1.54, 1.807) is 37.4 Å². The smallest absolute Gasteiger partial charge is 0.261 e. The van der Waals surface area contributed by atoms with Crippen LogP contribution in [-0.4, -0.2) is 21.8 Å². The Kier molecular flexibility index (Phi) is 3.85. The van der Waals surface area contributed by atoms with Gasteiger partial charge in [-0.3, -0.25) is 9.36 Å². The molecule has 5 heteroatoms. The van der Waals surface area contributed by atoms with Gasteiger partial charge in [-0.25, -0.2) is 4.98 Å². The third kappa shape index (κ3) is 2.81. The van der Waals surface area contributed by atoms with Crippen LogP contribution in [0.3, 0.4) is 0 Å². The van der Waals surface area contributed by atoms with E-state index in [0.717, 1.165) is 5.56 Å². The highest BCUT2D eigenvalue weighted by molar-refractivity contribution is 5.79. The number of aromatic nitrogens is 2. The highest BCUT2D eigenvalue weighted by Crippen LogP contribution is 2.27. The molecule has 1 aromatic heterocycles. The summed E-state index contributed by atoms with van der Waals surface area (Å²) < 4.78 is 6.59. The Morgan fingerprint density at radius 2 is 1.96 bits per heavy atom. The van der Waals surface area contributed by atoms with Crippen LogP contribution in [-0.2, 0) is 7.05 Å². The first-order valence-corrected chi connectivity index (χ1v) is 7.11. The lowest BCUT2D eigenvalue weighted by Gasteiger charge is -2.06. The van der Waals surface area contributed by atoms with Crippen LogP contribution >= 0.6 is 0 Å². The largest absolute Gasteiger partial charge is 0.504 e. The highest BCUT2D eigenvalue weighted by atomic mass is 16.5. The Balaban J connectivity index is 2.04. The molecule has 0 unspecified atom stereocenters. The molecule has 0 saturated heterocycles. The number of aromatic hydroxyl groups is 1. The molecule has 0 aliphatic carbocycles. The molecule has 1 heterocycles. The molecule has 0 atom stereocenters. The van der Waals surface area contributed by atoms with Crippen LogP contribution in [0.5, 0.6) is 11.5 Å². The molecule has 0 bridgehead atoms. The summed E-state index contributed by atoms with van der Waals surface area (Å²) in [5.41, 5.74) is 1.42. The van der Waals surface area contributed by atoms with Crippen molar-refractivity contribution in [3.05, 3.63) is 64.2 Å². The minimum atomic E-state index is -0.0847. The van der Waals surface area contributed by atoms with Gasteiger partial charge < -0.3 is 9.84 Å². The van der Waals surface area contributed by atoms with Crippen LogP contribution in [0.2, 0.25) is 0 Å². The van der Waals surface area contributed by atoms with E-state index >= 15 is 0 Å². The Morgan fingerprint density at radius 1 is 1.17 bits per heavy atom. The number of hydrogen-bond donors (Lipinski definition) is 1. The first-order valence-electron chi connectivity index (χ1n) is 7.11.